The van der Waals surface area contributed by atoms with Crippen LogP contribution in [-0.2, 0) is 15.6 Å². The molecule has 20 heavy (non-hydrogen) atoms. The summed E-state index contributed by atoms with van der Waals surface area (Å²) >= 11 is 0. The lowest BCUT2D eigenvalue weighted by Crippen LogP contribution is -2.03. The molecular weight excluding hydrogens is 278 g/mol. The maximum atomic E-state index is 11.5. The molecule has 0 bridgehead atoms. The first kappa shape index (κ1) is 14.4. The van der Waals surface area contributed by atoms with Crippen molar-refractivity contribution in [3.8, 4) is 16.9 Å². The Labute approximate surface area is 117 Å². The Hall–Kier alpha value is -2.02. The summed E-state index contributed by atoms with van der Waals surface area (Å²) in [6, 6.07) is 5.63. The first-order valence-corrected chi connectivity index (χ1v) is 8.03. The third-order valence-electron chi connectivity index (χ3n) is 2.90. The summed E-state index contributed by atoms with van der Waals surface area (Å²) < 4.78 is 28.3. The standard InChI is InChI=1S/C13H17N3O3S/c1-8-4-5-11(19-2)9(6-8)12-10(7-20(3,17)18)15-16-13(12)14/h4-6H,7H2,1-3H3,(H3,14,15,16). The summed E-state index contributed by atoms with van der Waals surface area (Å²) in [5.74, 6) is 0.731. The zero-order valence-electron chi connectivity index (χ0n) is 11.6. The second-order valence-electron chi connectivity index (χ2n) is 4.74. The van der Waals surface area contributed by atoms with Crippen molar-refractivity contribution in [1.82, 2.24) is 10.2 Å². The summed E-state index contributed by atoms with van der Waals surface area (Å²) in [6.45, 7) is 1.94. The quantitative estimate of drug-likeness (QED) is 0.891. The Morgan fingerprint density at radius 3 is 2.70 bits per heavy atom. The molecule has 1 aromatic heterocycles. The summed E-state index contributed by atoms with van der Waals surface area (Å²) in [5.41, 5.74) is 8.67. The molecule has 1 aromatic carbocycles. The summed E-state index contributed by atoms with van der Waals surface area (Å²) in [5, 5.41) is 6.61. The molecule has 0 spiro atoms. The Kier molecular flexibility index (Phi) is 3.71. The van der Waals surface area contributed by atoms with Gasteiger partial charge < -0.3 is 10.5 Å². The van der Waals surface area contributed by atoms with Crippen molar-refractivity contribution >= 4 is 15.7 Å². The average molecular weight is 295 g/mol. The number of methoxy groups -OCH3 is 1. The summed E-state index contributed by atoms with van der Waals surface area (Å²) in [6.07, 6.45) is 1.17. The minimum absolute atomic E-state index is 0.149. The fraction of sp³-hybridized carbons (Fsp3) is 0.308. The van der Waals surface area contributed by atoms with Gasteiger partial charge in [-0.3, -0.25) is 5.10 Å². The Balaban J connectivity index is 2.63. The van der Waals surface area contributed by atoms with Crippen molar-refractivity contribution in [3.05, 3.63) is 29.5 Å². The van der Waals surface area contributed by atoms with Crippen molar-refractivity contribution in [2.24, 2.45) is 0 Å². The summed E-state index contributed by atoms with van der Waals surface area (Å²) in [4.78, 5) is 0. The van der Waals surface area contributed by atoms with E-state index in [0.29, 0.717) is 17.0 Å². The molecule has 0 saturated heterocycles. The molecule has 0 unspecified atom stereocenters. The van der Waals surface area contributed by atoms with Crippen LogP contribution < -0.4 is 10.5 Å². The Morgan fingerprint density at radius 2 is 2.10 bits per heavy atom. The number of nitrogens with two attached hydrogens (primary N) is 1. The van der Waals surface area contributed by atoms with Gasteiger partial charge in [0.2, 0.25) is 0 Å². The number of aromatic amines is 1. The molecule has 0 atom stereocenters. The number of sulfone groups is 1. The lowest BCUT2D eigenvalue weighted by molar-refractivity contribution is 0.416. The molecule has 0 aliphatic rings. The van der Waals surface area contributed by atoms with Crippen LogP contribution in [0.5, 0.6) is 5.75 Å². The number of rotatable bonds is 4. The molecule has 0 aliphatic heterocycles. The van der Waals surface area contributed by atoms with E-state index in [4.69, 9.17) is 10.5 Å². The second-order valence-corrected chi connectivity index (χ2v) is 6.88. The van der Waals surface area contributed by atoms with Gasteiger partial charge in [-0.25, -0.2) is 8.42 Å². The van der Waals surface area contributed by atoms with Crippen LogP contribution in [0.25, 0.3) is 11.1 Å². The average Bonchev–Trinajstić information content (AvgIpc) is 2.68. The molecule has 2 aromatic rings. The predicted octanol–water partition coefficient (Wildman–Crippen LogP) is 1.52. The molecule has 0 aliphatic carbocycles. The van der Waals surface area contributed by atoms with Crippen LogP contribution in [0.1, 0.15) is 11.3 Å². The van der Waals surface area contributed by atoms with Gasteiger partial charge in [-0.1, -0.05) is 11.6 Å². The highest BCUT2D eigenvalue weighted by Gasteiger charge is 2.19. The van der Waals surface area contributed by atoms with E-state index in [9.17, 15) is 8.42 Å². The molecule has 3 N–H and O–H groups in total. The van der Waals surface area contributed by atoms with E-state index in [1.165, 1.54) is 6.26 Å². The van der Waals surface area contributed by atoms with Crippen LogP contribution in [0.15, 0.2) is 18.2 Å². The number of nitrogens with zero attached hydrogens (tertiary/aromatic N) is 1. The van der Waals surface area contributed by atoms with Gasteiger partial charge in [-0.05, 0) is 19.1 Å². The first-order chi connectivity index (χ1) is 9.31. The number of benzene rings is 1. The predicted molar refractivity (Wildman–Crippen MR) is 78.3 cm³/mol. The van der Waals surface area contributed by atoms with Crippen molar-refractivity contribution in [3.63, 3.8) is 0 Å². The molecular formula is C13H17N3O3S. The number of nitrogens with one attached hydrogen (secondary N) is 1. The number of ether oxygens (including phenoxy) is 1. The Bertz CT molecular complexity index is 735. The fourth-order valence-electron chi connectivity index (χ4n) is 2.08. The van der Waals surface area contributed by atoms with Crippen LogP contribution in [0.3, 0.4) is 0 Å². The fourth-order valence-corrected chi connectivity index (χ4v) is 2.81. The maximum Gasteiger partial charge on any atom is 0.153 e. The van der Waals surface area contributed by atoms with Gasteiger partial charge in [0.15, 0.2) is 15.7 Å². The number of hydrogen-bond donors (Lipinski definition) is 2. The van der Waals surface area contributed by atoms with Crippen LogP contribution in [0.2, 0.25) is 0 Å². The van der Waals surface area contributed by atoms with Crippen molar-refractivity contribution in [2.75, 3.05) is 19.1 Å². The third kappa shape index (κ3) is 2.93. The van der Waals surface area contributed by atoms with E-state index in [1.807, 2.05) is 25.1 Å². The van der Waals surface area contributed by atoms with Gasteiger partial charge in [-0.2, -0.15) is 5.10 Å². The largest absolute Gasteiger partial charge is 0.496 e. The van der Waals surface area contributed by atoms with Crippen molar-refractivity contribution in [1.29, 1.82) is 0 Å². The third-order valence-corrected chi connectivity index (χ3v) is 3.71. The number of anilines is 1. The minimum Gasteiger partial charge on any atom is -0.496 e. The molecule has 7 heteroatoms. The molecule has 0 fully saturated rings. The molecule has 108 valence electrons. The molecule has 0 amide bonds. The minimum atomic E-state index is -3.19. The molecule has 0 saturated carbocycles. The van der Waals surface area contributed by atoms with Gasteiger partial charge in [0.1, 0.15) is 5.75 Å². The number of aryl methyl sites for hydroxylation is 1. The number of nitrogen functional groups attached to an aromatic ring is 1. The van der Waals surface area contributed by atoms with Gasteiger partial charge in [-0.15, -0.1) is 0 Å². The lowest BCUT2D eigenvalue weighted by Gasteiger charge is -2.10. The second kappa shape index (κ2) is 5.16. The van der Waals surface area contributed by atoms with Gasteiger partial charge in [0, 0.05) is 11.8 Å². The number of H-pyrrole nitrogens is 1. The number of hydrogen-bond acceptors (Lipinski definition) is 5. The monoisotopic (exact) mass is 295 g/mol. The van der Waals surface area contributed by atoms with Crippen LogP contribution in [-0.4, -0.2) is 32.0 Å². The highest BCUT2D eigenvalue weighted by molar-refractivity contribution is 7.89. The molecule has 0 radical (unpaired) electrons. The zero-order chi connectivity index (χ0) is 14.9. The highest BCUT2D eigenvalue weighted by atomic mass is 32.2. The van der Waals surface area contributed by atoms with Crippen LogP contribution in [0, 0.1) is 6.92 Å². The SMILES string of the molecule is COc1ccc(C)cc1-c1c(N)n[nH]c1CS(C)(=O)=O. The van der Waals surface area contributed by atoms with Crippen LogP contribution >= 0.6 is 0 Å². The van der Waals surface area contributed by atoms with Crippen LogP contribution in [0.4, 0.5) is 5.82 Å². The van der Waals surface area contributed by atoms with E-state index >= 15 is 0 Å². The van der Waals surface area contributed by atoms with E-state index in [-0.39, 0.29) is 11.6 Å². The molecule has 2 rings (SSSR count). The first-order valence-electron chi connectivity index (χ1n) is 5.97. The van der Waals surface area contributed by atoms with E-state index in [0.717, 1.165) is 11.1 Å². The molecule has 6 nitrogen and oxygen atoms in total. The lowest BCUT2D eigenvalue weighted by atomic mass is 10.0. The van der Waals surface area contributed by atoms with Crippen molar-refractivity contribution < 1.29 is 13.2 Å². The highest BCUT2D eigenvalue weighted by Crippen LogP contribution is 2.36. The van der Waals surface area contributed by atoms with Gasteiger partial charge >= 0.3 is 0 Å². The number of aromatic nitrogens is 2. The van der Waals surface area contributed by atoms with Gasteiger partial charge in [0.05, 0.1) is 24.1 Å². The van der Waals surface area contributed by atoms with Crippen molar-refractivity contribution in [2.45, 2.75) is 12.7 Å². The topological polar surface area (TPSA) is 98.1 Å². The molecule has 1 heterocycles. The maximum absolute atomic E-state index is 11.5. The van der Waals surface area contributed by atoms with E-state index < -0.39 is 9.84 Å². The Morgan fingerprint density at radius 1 is 1.40 bits per heavy atom. The van der Waals surface area contributed by atoms with E-state index in [1.54, 1.807) is 7.11 Å². The smallest absolute Gasteiger partial charge is 0.153 e. The summed E-state index contributed by atoms with van der Waals surface area (Å²) in [7, 11) is -1.64. The van der Waals surface area contributed by atoms with E-state index in [2.05, 4.69) is 10.2 Å². The zero-order valence-corrected chi connectivity index (χ0v) is 12.4. The normalized spacial score (nSPS) is 11.6. The van der Waals surface area contributed by atoms with Gasteiger partial charge in [0.25, 0.3) is 0 Å².